The number of nitrogens with zero attached hydrogens (tertiary/aromatic N) is 2. The number of aromatic nitrogens is 1. The van der Waals surface area contributed by atoms with Crippen LogP contribution in [-0.2, 0) is 4.74 Å². The number of ether oxygens (including phenoxy) is 1. The van der Waals surface area contributed by atoms with Crippen molar-refractivity contribution in [3.05, 3.63) is 66.2 Å². The molecular weight excluding hydrogens is 350 g/mol. The maximum Gasteiger partial charge on any atom is 0.251 e. The molecule has 28 heavy (non-hydrogen) atoms. The molecule has 5 nitrogen and oxygen atoms in total. The van der Waals surface area contributed by atoms with E-state index < -0.39 is 0 Å². The van der Waals surface area contributed by atoms with Gasteiger partial charge in [0, 0.05) is 36.2 Å². The number of nitrogens with one attached hydrogen (secondary N) is 1. The van der Waals surface area contributed by atoms with Gasteiger partial charge < -0.3 is 15.0 Å². The van der Waals surface area contributed by atoms with E-state index in [0.717, 1.165) is 35.2 Å². The zero-order chi connectivity index (χ0) is 19.5. The molecule has 144 valence electrons. The van der Waals surface area contributed by atoms with Crippen LogP contribution in [0.5, 0.6) is 0 Å². The maximum absolute atomic E-state index is 12.8. The van der Waals surface area contributed by atoms with Gasteiger partial charge >= 0.3 is 0 Å². The van der Waals surface area contributed by atoms with Gasteiger partial charge in [-0.1, -0.05) is 36.4 Å². The van der Waals surface area contributed by atoms with E-state index in [1.54, 1.807) is 0 Å². The summed E-state index contributed by atoms with van der Waals surface area (Å²) in [5.74, 6) is -0.0763. The lowest BCUT2D eigenvalue weighted by molar-refractivity contribution is 0.0513. The van der Waals surface area contributed by atoms with Gasteiger partial charge in [-0.15, -0.1) is 0 Å². The second kappa shape index (κ2) is 8.09. The Bertz CT molecular complexity index is 988. The summed E-state index contributed by atoms with van der Waals surface area (Å²) in [7, 11) is 2.05. The fourth-order valence-electron chi connectivity index (χ4n) is 3.78. The summed E-state index contributed by atoms with van der Waals surface area (Å²) in [6.07, 6.45) is 0.0317. The van der Waals surface area contributed by atoms with Gasteiger partial charge in [0.05, 0.1) is 23.4 Å². The molecule has 1 aliphatic heterocycles. The molecule has 1 fully saturated rings. The first-order valence-corrected chi connectivity index (χ1v) is 9.71. The van der Waals surface area contributed by atoms with Gasteiger partial charge in [0.25, 0.3) is 5.91 Å². The summed E-state index contributed by atoms with van der Waals surface area (Å²) in [6.45, 7) is 4.26. The predicted molar refractivity (Wildman–Crippen MR) is 111 cm³/mol. The molecule has 2 aromatic carbocycles. The third kappa shape index (κ3) is 3.91. The number of pyridine rings is 1. The Labute approximate surface area is 165 Å². The minimum atomic E-state index is -0.0763. The Morgan fingerprint density at radius 3 is 2.86 bits per heavy atom. The maximum atomic E-state index is 12.8. The molecule has 0 aliphatic carbocycles. The molecular formula is C23H25N3O2. The molecule has 5 heteroatoms. The normalized spacial score (nSPS) is 19.8. The number of likely N-dealkylation sites (N-methyl/N-ethyl adjacent to an activating group) is 1. The van der Waals surface area contributed by atoms with Crippen molar-refractivity contribution >= 4 is 16.8 Å². The zero-order valence-corrected chi connectivity index (χ0v) is 16.3. The van der Waals surface area contributed by atoms with Crippen molar-refractivity contribution in [3.8, 4) is 11.3 Å². The molecule has 1 aliphatic rings. The Balaban J connectivity index is 1.55. The highest BCUT2D eigenvalue weighted by molar-refractivity contribution is 5.95. The monoisotopic (exact) mass is 375 g/mol. The van der Waals surface area contributed by atoms with Crippen LogP contribution in [0.25, 0.3) is 22.2 Å². The number of para-hydroxylation sites is 1. The van der Waals surface area contributed by atoms with Crippen LogP contribution in [-0.4, -0.2) is 54.7 Å². The molecule has 1 saturated heterocycles. The Morgan fingerprint density at radius 1 is 1.14 bits per heavy atom. The second-order valence-electron chi connectivity index (χ2n) is 7.26. The van der Waals surface area contributed by atoms with Gasteiger partial charge in [-0.25, -0.2) is 4.98 Å². The van der Waals surface area contributed by atoms with E-state index in [1.165, 1.54) is 0 Å². The highest BCUT2D eigenvalue weighted by Crippen LogP contribution is 2.22. The second-order valence-corrected chi connectivity index (χ2v) is 7.26. The van der Waals surface area contributed by atoms with E-state index in [2.05, 4.69) is 16.3 Å². The lowest BCUT2D eigenvalue weighted by Gasteiger charge is -2.20. The topological polar surface area (TPSA) is 54.5 Å². The van der Waals surface area contributed by atoms with Gasteiger partial charge in [-0.05, 0) is 38.2 Å². The molecule has 1 aromatic heterocycles. The summed E-state index contributed by atoms with van der Waals surface area (Å²) >= 11 is 0. The molecule has 2 atom stereocenters. The lowest BCUT2D eigenvalue weighted by Crippen LogP contribution is -2.44. The highest BCUT2D eigenvalue weighted by atomic mass is 16.5. The predicted octanol–water partition coefficient (Wildman–Crippen LogP) is 3.35. The van der Waals surface area contributed by atoms with E-state index in [9.17, 15) is 4.79 Å². The van der Waals surface area contributed by atoms with E-state index >= 15 is 0 Å². The van der Waals surface area contributed by atoms with Crippen LogP contribution in [0, 0.1) is 0 Å². The molecule has 1 amide bonds. The Morgan fingerprint density at radius 2 is 2.00 bits per heavy atom. The van der Waals surface area contributed by atoms with Crippen LogP contribution < -0.4 is 5.32 Å². The third-order valence-electron chi connectivity index (χ3n) is 5.16. The quantitative estimate of drug-likeness (QED) is 0.743. The van der Waals surface area contributed by atoms with Crippen molar-refractivity contribution in [2.24, 2.45) is 0 Å². The third-order valence-corrected chi connectivity index (χ3v) is 5.16. The first-order valence-electron chi connectivity index (χ1n) is 9.71. The average molecular weight is 375 g/mol. The smallest absolute Gasteiger partial charge is 0.251 e. The number of amides is 1. The molecule has 0 spiro atoms. The minimum absolute atomic E-state index is 0.0000926. The highest BCUT2D eigenvalue weighted by Gasteiger charge is 2.32. The molecule has 0 unspecified atom stereocenters. The summed E-state index contributed by atoms with van der Waals surface area (Å²) in [4.78, 5) is 19.8. The minimum Gasteiger partial charge on any atom is -0.375 e. The molecule has 1 N–H and O–H groups in total. The lowest BCUT2D eigenvalue weighted by atomic mass is 10.1. The van der Waals surface area contributed by atoms with Crippen LogP contribution >= 0.6 is 0 Å². The van der Waals surface area contributed by atoms with Crippen molar-refractivity contribution < 1.29 is 9.53 Å². The van der Waals surface area contributed by atoms with Crippen molar-refractivity contribution in [3.63, 3.8) is 0 Å². The number of carbonyl (C=O) groups excluding carboxylic acids is 1. The van der Waals surface area contributed by atoms with Crippen LogP contribution in [0.2, 0.25) is 0 Å². The van der Waals surface area contributed by atoms with Gasteiger partial charge in [0.2, 0.25) is 0 Å². The number of rotatable bonds is 5. The molecule has 0 bridgehead atoms. The fourth-order valence-corrected chi connectivity index (χ4v) is 3.78. The van der Waals surface area contributed by atoms with Crippen LogP contribution in [0.1, 0.15) is 17.3 Å². The van der Waals surface area contributed by atoms with E-state index in [0.29, 0.717) is 12.2 Å². The number of likely N-dealkylation sites (tertiary alicyclic amines) is 1. The largest absolute Gasteiger partial charge is 0.375 e. The van der Waals surface area contributed by atoms with E-state index in [4.69, 9.17) is 9.72 Å². The van der Waals surface area contributed by atoms with Gasteiger partial charge in [0.15, 0.2) is 0 Å². The van der Waals surface area contributed by atoms with E-state index in [1.807, 2.05) is 68.6 Å². The summed E-state index contributed by atoms with van der Waals surface area (Å²) < 4.78 is 5.79. The average Bonchev–Trinajstić information content (AvgIpc) is 3.06. The fraction of sp³-hybridized carbons (Fsp3) is 0.304. The van der Waals surface area contributed by atoms with E-state index in [-0.39, 0.29) is 18.1 Å². The SMILES string of the molecule is CCO[C@@H]1CN(C)C[C@H]1NC(=O)c1cccc(-c2ccc3ccccc3n2)c1. The van der Waals surface area contributed by atoms with Crippen LogP contribution in [0.4, 0.5) is 0 Å². The summed E-state index contributed by atoms with van der Waals surface area (Å²) in [5, 5.41) is 4.25. The molecule has 2 heterocycles. The molecule has 0 radical (unpaired) electrons. The first kappa shape index (κ1) is 18.6. The number of hydrogen-bond donors (Lipinski definition) is 1. The number of benzene rings is 2. The Kier molecular flexibility index (Phi) is 5.37. The van der Waals surface area contributed by atoms with Gasteiger partial charge in [-0.2, -0.15) is 0 Å². The number of carbonyl (C=O) groups is 1. The van der Waals surface area contributed by atoms with Crippen molar-refractivity contribution in [2.45, 2.75) is 19.1 Å². The summed E-state index contributed by atoms with van der Waals surface area (Å²) in [6, 6.07) is 19.7. The Hall–Kier alpha value is -2.76. The van der Waals surface area contributed by atoms with Gasteiger partial charge in [0.1, 0.15) is 0 Å². The van der Waals surface area contributed by atoms with Crippen molar-refractivity contribution in [1.29, 1.82) is 0 Å². The van der Waals surface area contributed by atoms with Crippen LogP contribution in [0.15, 0.2) is 60.7 Å². The first-order chi connectivity index (χ1) is 13.6. The summed E-state index contributed by atoms with van der Waals surface area (Å²) in [5.41, 5.74) is 3.38. The zero-order valence-electron chi connectivity index (χ0n) is 16.3. The number of fused-ring (bicyclic) bond motifs is 1. The number of hydrogen-bond acceptors (Lipinski definition) is 4. The standard InChI is InChI=1S/C23H25N3O2/c1-3-28-22-15-26(2)14-21(22)25-23(27)18-9-6-8-17(13-18)20-12-11-16-7-4-5-10-19(16)24-20/h4-13,21-22H,3,14-15H2,1-2H3,(H,25,27)/t21-,22-/m1/s1. The van der Waals surface area contributed by atoms with Gasteiger partial charge in [-0.3, -0.25) is 4.79 Å². The van der Waals surface area contributed by atoms with Crippen molar-refractivity contribution in [1.82, 2.24) is 15.2 Å². The van der Waals surface area contributed by atoms with Crippen LogP contribution in [0.3, 0.4) is 0 Å². The van der Waals surface area contributed by atoms with Crippen molar-refractivity contribution in [2.75, 3.05) is 26.7 Å². The molecule has 0 saturated carbocycles. The molecule has 4 rings (SSSR count). The molecule has 3 aromatic rings.